The third kappa shape index (κ3) is 2.74. The molecule has 0 N–H and O–H groups in total. The fourth-order valence-electron chi connectivity index (χ4n) is 2.13. The van der Waals surface area contributed by atoms with E-state index in [1.54, 1.807) is 11.1 Å². The summed E-state index contributed by atoms with van der Waals surface area (Å²) in [7, 11) is 1.84. The fourth-order valence-corrected chi connectivity index (χ4v) is 2.13. The molecule has 1 aromatic rings. The van der Waals surface area contributed by atoms with Crippen molar-refractivity contribution in [1.29, 1.82) is 0 Å². The molecular formula is C16H21N3O. The van der Waals surface area contributed by atoms with Crippen LogP contribution in [-0.2, 0) is 0 Å². The normalized spacial score (nSPS) is 13.9. The van der Waals surface area contributed by atoms with Gasteiger partial charge in [-0.2, -0.15) is 0 Å². The Morgan fingerprint density at radius 2 is 2.15 bits per heavy atom. The highest BCUT2D eigenvalue weighted by Gasteiger charge is 2.19. The lowest BCUT2D eigenvalue weighted by molar-refractivity contribution is 0.0754. The summed E-state index contributed by atoms with van der Waals surface area (Å²) in [5.41, 5.74) is 2.77. The largest absolute Gasteiger partial charge is 0.339 e. The first-order chi connectivity index (χ1) is 9.52. The van der Waals surface area contributed by atoms with Crippen molar-refractivity contribution in [2.75, 3.05) is 18.6 Å². The van der Waals surface area contributed by atoms with Gasteiger partial charge in [-0.3, -0.25) is 9.79 Å². The van der Waals surface area contributed by atoms with Gasteiger partial charge in [0.05, 0.1) is 0 Å². The number of amides is 1. The summed E-state index contributed by atoms with van der Waals surface area (Å²) in [6.07, 6.45) is 5.67. The lowest BCUT2D eigenvalue weighted by Gasteiger charge is -2.26. The van der Waals surface area contributed by atoms with Gasteiger partial charge >= 0.3 is 0 Å². The van der Waals surface area contributed by atoms with Crippen LogP contribution in [0.5, 0.6) is 0 Å². The molecule has 0 aliphatic carbocycles. The average Bonchev–Trinajstić information content (AvgIpc) is 2.47. The van der Waals surface area contributed by atoms with Crippen LogP contribution in [0.25, 0.3) is 0 Å². The molecule has 1 aliphatic rings. The zero-order chi connectivity index (χ0) is 14.7. The van der Waals surface area contributed by atoms with E-state index in [0.29, 0.717) is 6.67 Å². The Labute approximate surface area is 120 Å². The number of hydrogen-bond acceptors (Lipinski definition) is 3. The van der Waals surface area contributed by atoms with E-state index in [4.69, 9.17) is 0 Å². The minimum Gasteiger partial charge on any atom is -0.339 e. The molecule has 0 unspecified atom stereocenters. The molecule has 2 rings (SSSR count). The van der Waals surface area contributed by atoms with E-state index in [0.717, 1.165) is 16.8 Å². The van der Waals surface area contributed by atoms with Gasteiger partial charge in [-0.15, -0.1) is 0 Å². The third-order valence-electron chi connectivity index (χ3n) is 3.63. The van der Waals surface area contributed by atoms with E-state index in [1.807, 2.05) is 63.2 Å². The van der Waals surface area contributed by atoms with Crippen LogP contribution in [0.1, 0.15) is 29.8 Å². The van der Waals surface area contributed by atoms with Crippen LogP contribution in [-0.4, -0.2) is 36.8 Å². The Balaban J connectivity index is 2.34. The highest BCUT2D eigenvalue weighted by Crippen LogP contribution is 2.25. The maximum Gasteiger partial charge on any atom is 0.254 e. The van der Waals surface area contributed by atoms with Gasteiger partial charge < -0.3 is 9.80 Å². The van der Waals surface area contributed by atoms with Gasteiger partial charge in [0.15, 0.2) is 0 Å². The Kier molecular flexibility index (Phi) is 4.23. The molecule has 106 valence electrons. The number of hydrogen-bond donors (Lipinski definition) is 0. The topological polar surface area (TPSA) is 35.9 Å². The van der Waals surface area contributed by atoms with E-state index in [1.165, 1.54) is 0 Å². The molecule has 4 nitrogen and oxygen atoms in total. The molecule has 4 heteroatoms. The summed E-state index contributed by atoms with van der Waals surface area (Å²) < 4.78 is 0. The van der Waals surface area contributed by atoms with E-state index < -0.39 is 0 Å². The molecule has 0 bridgehead atoms. The van der Waals surface area contributed by atoms with Crippen LogP contribution in [0.4, 0.5) is 5.69 Å². The predicted octanol–water partition coefficient (Wildman–Crippen LogP) is 2.84. The lowest BCUT2D eigenvalue weighted by Crippen LogP contribution is -2.33. The van der Waals surface area contributed by atoms with E-state index in [-0.39, 0.29) is 11.9 Å². The molecule has 0 spiro atoms. The number of rotatable bonds is 3. The van der Waals surface area contributed by atoms with Gasteiger partial charge in [0.2, 0.25) is 0 Å². The Morgan fingerprint density at radius 3 is 2.75 bits per heavy atom. The summed E-state index contributed by atoms with van der Waals surface area (Å²) in [5.74, 6) is 0.0591. The number of aliphatic imine (C=N–C) groups is 1. The van der Waals surface area contributed by atoms with E-state index in [9.17, 15) is 4.79 Å². The van der Waals surface area contributed by atoms with Crippen LogP contribution in [0.2, 0.25) is 0 Å². The average molecular weight is 271 g/mol. The Morgan fingerprint density at radius 1 is 1.40 bits per heavy atom. The Bertz CT molecular complexity index is 561. The molecule has 0 aromatic heterocycles. The molecule has 1 aromatic carbocycles. The summed E-state index contributed by atoms with van der Waals surface area (Å²) in [5, 5.41) is 0. The summed E-state index contributed by atoms with van der Waals surface area (Å²) in [4.78, 5) is 20.5. The standard InChI is InChI=1S/C16H21N3O/c1-12(2)18(4)16(20)14-7-5-8-15(13(14)3)19-10-6-9-17-11-19/h5-10,12H,11H2,1-4H3. The van der Waals surface area contributed by atoms with Crippen LogP contribution in [0, 0.1) is 6.92 Å². The number of anilines is 1. The van der Waals surface area contributed by atoms with Crippen molar-refractivity contribution in [3.63, 3.8) is 0 Å². The molecule has 0 radical (unpaired) electrons. The quantitative estimate of drug-likeness (QED) is 0.847. The molecular weight excluding hydrogens is 250 g/mol. The van der Waals surface area contributed by atoms with Gasteiger partial charge in [-0.05, 0) is 44.5 Å². The second-order valence-corrected chi connectivity index (χ2v) is 5.24. The Hall–Kier alpha value is -2.10. The van der Waals surface area contributed by atoms with Gasteiger partial charge in [-0.25, -0.2) is 0 Å². The number of carbonyl (C=O) groups is 1. The second-order valence-electron chi connectivity index (χ2n) is 5.24. The van der Waals surface area contributed by atoms with Crippen LogP contribution in [0.15, 0.2) is 35.5 Å². The van der Waals surface area contributed by atoms with Crippen molar-refractivity contribution in [2.24, 2.45) is 4.99 Å². The highest BCUT2D eigenvalue weighted by atomic mass is 16.2. The first-order valence-electron chi connectivity index (χ1n) is 6.82. The van der Waals surface area contributed by atoms with Crippen molar-refractivity contribution < 1.29 is 4.79 Å². The predicted molar refractivity (Wildman–Crippen MR) is 83.4 cm³/mol. The van der Waals surface area contributed by atoms with Crippen LogP contribution >= 0.6 is 0 Å². The second kappa shape index (κ2) is 5.90. The van der Waals surface area contributed by atoms with Gasteiger partial charge in [-0.1, -0.05) is 6.07 Å². The first-order valence-corrected chi connectivity index (χ1v) is 6.82. The maximum absolute atomic E-state index is 12.5. The van der Waals surface area contributed by atoms with E-state index >= 15 is 0 Å². The maximum atomic E-state index is 12.5. The first kappa shape index (κ1) is 14.3. The lowest BCUT2D eigenvalue weighted by atomic mass is 10.0. The molecule has 20 heavy (non-hydrogen) atoms. The minimum absolute atomic E-state index is 0.0591. The number of carbonyl (C=O) groups excluding carboxylic acids is 1. The van der Waals surface area contributed by atoms with Crippen molar-refractivity contribution >= 4 is 17.8 Å². The zero-order valence-electron chi connectivity index (χ0n) is 12.5. The molecule has 0 atom stereocenters. The van der Waals surface area contributed by atoms with Crippen LogP contribution in [0.3, 0.4) is 0 Å². The van der Waals surface area contributed by atoms with Gasteiger partial charge in [0, 0.05) is 36.8 Å². The fraction of sp³-hybridized carbons (Fsp3) is 0.375. The summed E-state index contributed by atoms with van der Waals surface area (Å²) in [6, 6.07) is 6.02. The molecule has 1 amide bonds. The molecule has 0 saturated heterocycles. The van der Waals surface area contributed by atoms with E-state index in [2.05, 4.69) is 4.99 Å². The smallest absolute Gasteiger partial charge is 0.254 e. The zero-order valence-corrected chi connectivity index (χ0v) is 12.5. The van der Waals surface area contributed by atoms with Crippen molar-refractivity contribution in [3.05, 3.63) is 41.6 Å². The van der Waals surface area contributed by atoms with Gasteiger partial charge in [0.1, 0.15) is 6.67 Å². The number of allylic oxidation sites excluding steroid dienone is 1. The molecule has 0 fully saturated rings. The van der Waals surface area contributed by atoms with Crippen molar-refractivity contribution in [3.8, 4) is 0 Å². The van der Waals surface area contributed by atoms with Crippen molar-refractivity contribution in [2.45, 2.75) is 26.8 Å². The SMILES string of the molecule is Cc1c(C(=O)N(C)C(C)C)cccc1N1C=CC=NC1. The number of nitrogens with zero attached hydrogens (tertiary/aromatic N) is 3. The summed E-state index contributed by atoms with van der Waals surface area (Å²) in [6.45, 7) is 6.61. The van der Waals surface area contributed by atoms with Crippen molar-refractivity contribution in [1.82, 2.24) is 4.90 Å². The van der Waals surface area contributed by atoms with Gasteiger partial charge in [0.25, 0.3) is 5.91 Å². The minimum atomic E-state index is 0.0591. The van der Waals surface area contributed by atoms with Crippen LogP contribution < -0.4 is 4.90 Å². The number of benzene rings is 1. The highest BCUT2D eigenvalue weighted by molar-refractivity contribution is 5.97. The molecule has 1 heterocycles. The molecule has 1 aliphatic heterocycles. The summed E-state index contributed by atoms with van der Waals surface area (Å²) >= 11 is 0. The molecule has 0 saturated carbocycles. The monoisotopic (exact) mass is 271 g/mol. The third-order valence-corrected chi connectivity index (χ3v) is 3.63.